The van der Waals surface area contributed by atoms with Gasteiger partial charge in [0.15, 0.2) is 0 Å². The summed E-state index contributed by atoms with van der Waals surface area (Å²) in [5, 5.41) is 2.98. The highest BCUT2D eigenvalue weighted by atomic mass is 32.2. The van der Waals surface area contributed by atoms with E-state index in [1.165, 1.54) is 41.7 Å². The number of sulfone groups is 1. The lowest BCUT2D eigenvalue weighted by Crippen LogP contribution is -2.40. The van der Waals surface area contributed by atoms with Gasteiger partial charge < -0.3 is 15.1 Å². The number of rotatable bonds is 7. The monoisotopic (exact) mass is 545 g/mol. The first-order chi connectivity index (χ1) is 18.7. The molecule has 0 bridgehead atoms. The highest BCUT2D eigenvalue weighted by molar-refractivity contribution is 7.91. The van der Waals surface area contributed by atoms with E-state index in [1.54, 1.807) is 12.1 Å². The third kappa shape index (κ3) is 5.77. The van der Waals surface area contributed by atoms with Crippen molar-refractivity contribution in [1.29, 1.82) is 0 Å². The summed E-state index contributed by atoms with van der Waals surface area (Å²) < 4.78 is 27.3. The zero-order valence-corrected chi connectivity index (χ0v) is 23.3. The Labute approximate surface area is 230 Å². The van der Waals surface area contributed by atoms with Crippen LogP contribution in [0.25, 0.3) is 0 Å². The van der Waals surface area contributed by atoms with E-state index in [4.69, 9.17) is 0 Å². The Morgan fingerprint density at radius 2 is 1.62 bits per heavy atom. The molecule has 1 saturated heterocycles. The Morgan fingerprint density at radius 1 is 0.923 bits per heavy atom. The second-order valence-electron chi connectivity index (χ2n) is 10.9. The van der Waals surface area contributed by atoms with E-state index in [0.717, 1.165) is 31.6 Å². The molecule has 3 aromatic rings. The standard InChI is InChI=1S/C31H35N3O4S/c1-22-17-23(2)20-33(19-22)16-8-15-32-30(35)25-13-14-29-27(18-25)34(21-24-9-4-3-5-10-24)31(36)26-11-6-7-12-28(26)39(29,37)38/h3-7,9-14,18,22-23H,8,15-17,19-21H2,1-2H3,(H,32,35). The molecular weight excluding hydrogens is 510 g/mol. The molecule has 1 N–H and O–H groups in total. The van der Waals surface area contributed by atoms with Crippen LogP contribution in [-0.4, -0.2) is 51.3 Å². The van der Waals surface area contributed by atoms with Gasteiger partial charge in [0, 0.05) is 25.2 Å². The molecule has 39 heavy (non-hydrogen) atoms. The molecule has 2 amide bonds. The molecule has 2 heterocycles. The first-order valence-electron chi connectivity index (χ1n) is 13.6. The average Bonchev–Trinajstić information content (AvgIpc) is 2.99. The Balaban J connectivity index is 1.39. The minimum absolute atomic E-state index is 0.0154. The van der Waals surface area contributed by atoms with Crippen LogP contribution in [0.1, 0.15) is 53.0 Å². The minimum Gasteiger partial charge on any atom is -0.352 e. The number of hydrogen-bond acceptors (Lipinski definition) is 5. The lowest BCUT2D eigenvalue weighted by atomic mass is 9.92. The van der Waals surface area contributed by atoms with E-state index < -0.39 is 15.7 Å². The fourth-order valence-corrected chi connectivity index (χ4v) is 7.48. The number of amides is 2. The van der Waals surface area contributed by atoms with Gasteiger partial charge in [-0.3, -0.25) is 9.59 Å². The van der Waals surface area contributed by atoms with Crippen LogP contribution < -0.4 is 10.2 Å². The maximum Gasteiger partial charge on any atom is 0.259 e. The molecule has 0 aromatic heterocycles. The summed E-state index contributed by atoms with van der Waals surface area (Å²) >= 11 is 0. The summed E-state index contributed by atoms with van der Waals surface area (Å²) in [4.78, 5) is 30.8. The first kappa shape index (κ1) is 27.1. The fourth-order valence-electron chi connectivity index (χ4n) is 5.85. The summed E-state index contributed by atoms with van der Waals surface area (Å²) in [6, 6.07) is 20.2. The van der Waals surface area contributed by atoms with Gasteiger partial charge in [-0.15, -0.1) is 0 Å². The largest absolute Gasteiger partial charge is 0.352 e. The molecule has 8 heteroatoms. The third-order valence-electron chi connectivity index (χ3n) is 7.52. The average molecular weight is 546 g/mol. The number of anilines is 1. The van der Waals surface area contributed by atoms with Crippen molar-refractivity contribution in [2.24, 2.45) is 11.8 Å². The van der Waals surface area contributed by atoms with Crippen molar-refractivity contribution in [2.75, 3.05) is 31.1 Å². The van der Waals surface area contributed by atoms with Crippen molar-refractivity contribution in [2.45, 2.75) is 43.0 Å². The second-order valence-corrected chi connectivity index (χ2v) is 12.8. The van der Waals surface area contributed by atoms with Crippen molar-refractivity contribution in [3.05, 3.63) is 89.5 Å². The van der Waals surface area contributed by atoms with Gasteiger partial charge in [-0.1, -0.05) is 56.3 Å². The molecule has 2 aliphatic heterocycles. The quantitative estimate of drug-likeness (QED) is 0.432. The molecule has 7 nitrogen and oxygen atoms in total. The van der Waals surface area contributed by atoms with E-state index in [9.17, 15) is 18.0 Å². The predicted octanol–water partition coefficient (Wildman–Crippen LogP) is 4.78. The zero-order chi connectivity index (χ0) is 27.6. The van der Waals surface area contributed by atoms with Crippen molar-refractivity contribution in [3.8, 4) is 0 Å². The van der Waals surface area contributed by atoms with Crippen LogP contribution in [-0.2, 0) is 16.4 Å². The Kier molecular flexibility index (Phi) is 7.86. The summed E-state index contributed by atoms with van der Waals surface area (Å²) in [6.45, 7) is 8.37. The minimum atomic E-state index is -3.98. The van der Waals surface area contributed by atoms with Gasteiger partial charge in [0.05, 0.1) is 27.6 Å². The summed E-state index contributed by atoms with van der Waals surface area (Å²) in [5.41, 5.74) is 1.51. The fraction of sp³-hybridized carbons (Fsp3) is 0.355. The van der Waals surface area contributed by atoms with Crippen LogP contribution in [0, 0.1) is 11.8 Å². The highest BCUT2D eigenvalue weighted by Gasteiger charge is 2.36. The van der Waals surface area contributed by atoms with Crippen LogP contribution in [0.15, 0.2) is 82.6 Å². The number of piperidine rings is 1. The molecule has 3 aromatic carbocycles. The van der Waals surface area contributed by atoms with E-state index in [0.29, 0.717) is 23.9 Å². The number of nitrogens with zero attached hydrogens (tertiary/aromatic N) is 2. The van der Waals surface area contributed by atoms with E-state index in [1.807, 2.05) is 30.3 Å². The van der Waals surface area contributed by atoms with Gasteiger partial charge in [0.1, 0.15) is 0 Å². The first-order valence-corrected chi connectivity index (χ1v) is 15.1. The Hall–Kier alpha value is -3.49. The molecule has 1 fully saturated rings. The molecule has 2 unspecified atom stereocenters. The van der Waals surface area contributed by atoms with Gasteiger partial charge in [0.25, 0.3) is 11.8 Å². The Morgan fingerprint density at radius 3 is 2.36 bits per heavy atom. The van der Waals surface area contributed by atoms with Gasteiger partial charge in [-0.2, -0.15) is 0 Å². The molecule has 0 saturated carbocycles. The summed E-state index contributed by atoms with van der Waals surface area (Å²) in [7, 11) is -3.98. The molecule has 0 spiro atoms. The van der Waals surface area contributed by atoms with E-state index in [-0.39, 0.29) is 33.5 Å². The lowest BCUT2D eigenvalue weighted by molar-refractivity contribution is 0.0944. The number of likely N-dealkylation sites (tertiary alicyclic amines) is 1. The van der Waals surface area contributed by atoms with E-state index >= 15 is 0 Å². The van der Waals surface area contributed by atoms with Crippen LogP contribution in [0.5, 0.6) is 0 Å². The van der Waals surface area contributed by atoms with Crippen LogP contribution in [0.2, 0.25) is 0 Å². The van der Waals surface area contributed by atoms with Gasteiger partial charge in [-0.25, -0.2) is 8.42 Å². The number of nitrogens with one attached hydrogen (secondary N) is 1. The lowest BCUT2D eigenvalue weighted by Gasteiger charge is -2.34. The number of benzene rings is 3. The van der Waals surface area contributed by atoms with Crippen molar-refractivity contribution >= 4 is 27.3 Å². The summed E-state index contributed by atoms with van der Waals surface area (Å²) in [5.74, 6) is 0.669. The molecule has 0 radical (unpaired) electrons. The Bertz CT molecular complexity index is 1460. The third-order valence-corrected chi connectivity index (χ3v) is 9.38. The summed E-state index contributed by atoms with van der Waals surface area (Å²) in [6.07, 6.45) is 2.09. The van der Waals surface area contributed by atoms with Crippen LogP contribution in [0.4, 0.5) is 5.69 Å². The zero-order valence-electron chi connectivity index (χ0n) is 22.5. The smallest absolute Gasteiger partial charge is 0.259 e. The molecule has 2 aliphatic rings. The molecule has 204 valence electrons. The van der Waals surface area contributed by atoms with Crippen LogP contribution in [0.3, 0.4) is 0 Å². The number of fused-ring (bicyclic) bond motifs is 2. The highest BCUT2D eigenvalue weighted by Crippen LogP contribution is 2.38. The number of carbonyl (C=O) groups is 2. The maximum atomic E-state index is 13.7. The van der Waals surface area contributed by atoms with Crippen LogP contribution >= 0.6 is 0 Å². The van der Waals surface area contributed by atoms with Crippen molar-refractivity contribution in [3.63, 3.8) is 0 Å². The molecule has 5 rings (SSSR count). The van der Waals surface area contributed by atoms with Crippen molar-refractivity contribution in [1.82, 2.24) is 10.2 Å². The predicted molar refractivity (Wildman–Crippen MR) is 152 cm³/mol. The SMILES string of the molecule is CC1CC(C)CN(CCCNC(=O)c2ccc3c(c2)N(Cc2ccccc2)C(=O)c2ccccc2S3(=O)=O)C1. The molecule has 2 atom stereocenters. The topological polar surface area (TPSA) is 86.8 Å². The normalized spacial score (nSPS) is 20.6. The number of carbonyl (C=O) groups excluding carboxylic acids is 2. The van der Waals surface area contributed by atoms with Crippen molar-refractivity contribution < 1.29 is 18.0 Å². The second kappa shape index (κ2) is 11.3. The van der Waals surface area contributed by atoms with E-state index in [2.05, 4.69) is 24.1 Å². The maximum absolute atomic E-state index is 13.7. The van der Waals surface area contributed by atoms with Gasteiger partial charge in [-0.05, 0) is 67.1 Å². The van der Waals surface area contributed by atoms with Gasteiger partial charge in [0.2, 0.25) is 9.84 Å². The molecular formula is C31H35N3O4S. The number of hydrogen-bond donors (Lipinski definition) is 1. The van der Waals surface area contributed by atoms with Gasteiger partial charge >= 0.3 is 0 Å². The molecule has 0 aliphatic carbocycles.